The second-order valence-corrected chi connectivity index (χ2v) is 7.25. The van der Waals surface area contributed by atoms with E-state index in [2.05, 4.69) is 67.3 Å². The van der Waals surface area contributed by atoms with Gasteiger partial charge in [-0.2, -0.15) is 0 Å². The normalized spacial score (nSPS) is 29.1. The summed E-state index contributed by atoms with van der Waals surface area (Å²) in [5, 5.41) is 9.62. The Hall–Kier alpha value is -1.72. The summed E-state index contributed by atoms with van der Waals surface area (Å²) in [5.41, 5.74) is 4.47. The number of ether oxygens (including phenoxy) is 2. The first-order valence-electron chi connectivity index (χ1n) is 8.89. The van der Waals surface area contributed by atoms with Crippen molar-refractivity contribution in [1.82, 2.24) is 4.90 Å². The maximum atomic E-state index is 9.62. The minimum Gasteiger partial charge on any atom is -0.396 e. The highest BCUT2D eigenvalue weighted by Crippen LogP contribution is 2.50. The minimum atomic E-state index is -0.264. The first-order valence-corrected chi connectivity index (χ1v) is 8.89. The van der Waals surface area contributed by atoms with Crippen LogP contribution in [0.25, 0.3) is 0 Å². The summed E-state index contributed by atoms with van der Waals surface area (Å²) in [6.07, 6.45) is 0.347. The Kier molecular flexibility index (Phi) is 4.38. The second kappa shape index (κ2) is 6.54. The van der Waals surface area contributed by atoms with Crippen molar-refractivity contribution in [2.75, 3.05) is 19.8 Å². The average Bonchev–Trinajstić information content (AvgIpc) is 3.14. The highest BCUT2D eigenvalue weighted by atomic mass is 16.6. The van der Waals surface area contributed by atoms with E-state index < -0.39 is 0 Å². The van der Waals surface area contributed by atoms with Crippen LogP contribution in [-0.2, 0) is 9.47 Å². The Balaban J connectivity index is 1.72. The van der Waals surface area contributed by atoms with Gasteiger partial charge in [-0.25, -0.2) is 4.90 Å². The number of aryl methyl sites for hydroxylation is 2. The fourth-order valence-electron chi connectivity index (χ4n) is 3.90. The molecule has 2 aliphatic rings. The number of nitrogens with zero attached hydrogens (tertiary/aromatic N) is 1. The fraction of sp³-hybridized carbons (Fsp3) is 0.429. The van der Waals surface area contributed by atoms with E-state index in [-0.39, 0.29) is 24.6 Å². The third-order valence-electron chi connectivity index (χ3n) is 5.37. The standard InChI is InChI=1S/C21H25NO3/c1-15-3-7-17(8-4-15)19-22-20(18-9-5-16(2)6-10-18)25-14-21(22,11-12-23)13-24-19/h3-10,19-20,23H,11-14H2,1-2H3/t19-,20?,21?/m0/s1. The zero-order valence-electron chi connectivity index (χ0n) is 14.8. The molecule has 0 radical (unpaired) electrons. The number of aliphatic hydroxyl groups is 1. The quantitative estimate of drug-likeness (QED) is 0.926. The maximum Gasteiger partial charge on any atom is 0.139 e. The van der Waals surface area contributed by atoms with Gasteiger partial charge in [-0.05, 0) is 31.4 Å². The molecule has 4 nitrogen and oxygen atoms in total. The van der Waals surface area contributed by atoms with Crippen LogP contribution >= 0.6 is 0 Å². The van der Waals surface area contributed by atoms with E-state index >= 15 is 0 Å². The van der Waals surface area contributed by atoms with Crippen molar-refractivity contribution in [3.63, 3.8) is 0 Å². The van der Waals surface area contributed by atoms with Crippen molar-refractivity contribution in [1.29, 1.82) is 0 Å². The fourth-order valence-corrected chi connectivity index (χ4v) is 3.90. The van der Waals surface area contributed by atoms with E-state index in [0.717, 1.165) is 11.1 Å². The molecule has 4 rings (SSSR count). The van der Waals surface area contributed by atoms with Crippen LogP contribution in [0.1, 0.15) is 41.1 Å². The van der Waals surface area contributed by atoms with Crippen molar-refractivity contribution in [2.24, 2.45) is 0 Å². The largest absolute Gasteiger partial charge is 0.396 e. The first-order chi connectivity index (χ1) is 12.1. The molecular weight excluding hydrogens is 314 g/mol. The van der Waals surface area contributed by atoms with Gasteiger partial charge in [-0.15, -0.1) is 0 Å². The molecule has 2 saturated heterocycles. The highest BCUT2D eigenvalue weighted by molar-refractivity contribution is 5.28. The Morgan fingerprint density at radius 1 is 0.880 bits per heavy atom. The minimum absolute atomic E-state index is 0.129. The van der Waals surface area contributed by atoms with Crippen molar-refractivity contribution in [3.8, 4) is 0 Å². The van der Waals surface area contributed by atoms with Crippen molar-refractivity contribution in [2.45, 2.75) is 38.3 Å². The zero-order valence-corrected chi connectivity index (χ0v) is 14.8. The molecule has 2 aliphatic heterocycles. The summed E-state index contributed by atoms with van der Waals surface area (Å²) in [5.74, 6) is 0. The van der Waals surface area contributed by atoms with Crippen LogP contribution in [0.5, 0.6) is 0 Å². The van der Waals surface area contributed by atoms with Crippen LogP contribution in [0.15, 0.2) is 48.5 Å². The lowest BCUT2D eigenvalue weighted by molar-refractivity contribution is -0.0623. The van der Waals surface area contributed by atoms with E-state index in [1.54, 1.807) is 0 Å². The molecule has 0 bridgehead atoms. The third-order valence-corrected chi connectivity index (χ3v) is 5.37. The van der Waals surface area contributed by atoms with Gasteiger partial charge in [-0.3, -0.25) is 0 Å². The average molecular weight is 339 g/mol. The highest BCUT2D eigenvalue weighted by Gasteiger charge is 2.56. The van der Waals surface area contributed by atoms with Gasteiger partial charge >= 0.3 is 0 Å². The number of hydrogen-bond acceptors (Lipinski definition) is 4. The summed E-state index contributed by atoms with van der Waals surface area (Å²) in [7, 11) is 0. The molecule has 4 heteroatoms. The van der Waals surface area contributed by atoms with E-state index in [9.17, 15) is 5.11 Å². The van der Waals surface area contributed by atoms with E-state index in [4.69, 9.17) is 9.47 Å². The van der Waals surface area contributed by atoms with E-state index in [0.29, 0.717) is 19.6 Å². The molecule has 0 saturated carbocycles. The molecule has 0 aliphatic carbocycles. The Morgan fingerprint density at radius 3 is 1.72 bits per heavy atom. The molecule has 2 heterocycles. The van der Waals surface area contributed by atoms with Crippen LogP contribution in [0.4, 0.5) is 0 Å². The summed E-state index contributed by atoms with van der Waals surface area (Å²) >= 11 is 0. The molecule has 3 atom stereocenters. The van der Waals surface area contributed by atoms with Crippen molar-refractivity contribution in [3.05, 3.63) is 70.8 Å². The van der Waals surface area contributed by atoms with E-state index in [1.165, 1.54) is 11.1 Å². The molecule has 132 valence electrons. The van der Waals surface area contributed by atoms with Gasteiger partial charge in [0, 0.05) is 6.61 Å². The molecule has 0 spiro atoms. The molecule has 2 aromatic carbocycles. The van der Waals surface area contributed by atoms with Gasteiger partial charge in [0.1, 0.15) is 12.5 Å². The Morgan fingerprint density at radius 2 is 1.32 bits per heavy atom. The smallest absolute Gasteiger partial charge is 0.139 e. The summed E-state index contributed by atoms with van der Waals surface area (Å²) in [6.45, 7) is 5.46. The SMILES string of the molecule is Cc1ccc(C2OCC3(CCO)CO[C@@H](c4ccc(C)cc4)N23)cc1. The second-order valence-electron chi connectivity index (χ2n) is 7.25. The predicted octanol–water partition coefficient (Wildman–Crippen LogP) is 3.48. The number of fused-ring (bicyclic) bond motifs is 1. The van der Waals surface area contributed by atoms with Gasteiger partial charge in [0.25, 0.3) is 0 Å². The third kappa shape index (κ3) is 2.89. The van der Waals surface area contributed by atoms with Crippen LogP contribution < -0.4 is 0 Å². The summed E-state index contributed by atoms with van der Waals surface area (Å²) < 4.78 is 12.4. The lowest BCUT2D eigenvalue weighted by Crippen LogP contribution is -2.45. The molecule has 2 aromatic rings. The number of aliphatic hydroxyl groups excluding tert-OH is 1. The number of rotatable bonds is 4. The predicted molar refractivity (Wildman–Crippen MR) is 96.0 cm³/mol. The van der Waals surface area contributed by atoms with Crippen LogP contribution in [0, 0.1) is 13.8 Å². The van der Waals surface area contributed by atoms with Gasteiger partial charge in [0.05, 0.1) is 18.8 Å². The lowest BCUT2D eigenvalue weighted by atomic mass is 9.96. The Bertz CT molecular complexity index is 668. The molecule has 25 heavy (non-hydrogen) atoms. The molecule has 2 fully saturated rings. The molecule has 0 amide bonds. The molecule has 2 unspecified atom stereocenters. The van der Waals surface area contributed by atoms with Crippen LogP contribution in [0.2, 0.25) is 0 Å². The van der Waals surface area contributed by atoms with Crippen molar-refractivity contribution < 1.29 is 14.6 Å². The molecular formula is C21H25NO3. The van der Waals surface area contributed by atoms with Gasteiger partial charge in [0.2, 0.25) is 0 Å². The monoisotopic (exact) mass is 339 g/mol. The van der Waals surface area contributed by atoms with Crippen LogP contribution in [-0.4, -0.2) is 35.4 Å². The maximum absolute atomic E-state index is 9.62. The van der Waals surface area contributed by atoms with E-state index in [1.807, 2.05) is 0 Å². The van der Waals surface area contributed by atoms with Gasteiger partial charge in [-0.1, -0.05) is 59.7 Å². The topological polar surface area (TPSA) is 41.9 Å². The van der Waals surface area contributed by atoms with Crippen molar-refractivity contribution >= 4 is 0 Å². The lowest BCUT2D eigenvalue weighted by Gasteiger charge is -2.34. The number of hydrogen-bond donors (Lipinski definition) is 1. The summed E-state index contributed by atoms with van der Waals surface area (Å²) in [4.78, 5) is 2.32. The number of benzene rings is 2. The Labute approximate surface area is 149 Å². The molecule has 0 aromatic heterocycles. The zero-order chi connectivity index (χ0) is 17.4. The molecule has 1 N–H and O–H groups in total. The first kappa shape index (κ1) is 16.7. The van der Waals surface area contributed by atoms with Gasteiger partial charge < -0.3 is 14.6 Å². The van der Waals surface area contributed by atoms with Gasteiger partial charge in [0.15, 0.2) is 0 Å². The summed E-state index contributed by atoms with van der Waals surface area (Å²) in [6, 6.07) is 17.0. The van der Waals surface area contributed by atoms with Crippen LogP contribution in [0.3, 0.4) is 0 Å².